The van der Waals surface area contributed by atoms with Gasteiger partial charge in [0.05, 0.1) is 18.6 Å². The molecule has 3 rings (SSSR count). The SMILES string of the molecule is Cc1cc(F)cc(C)c1C(Cl)c1ccc2c(c1)COC2. The molecule has 1 aliphatic heterocycles. The van der Waals surface area contributed by atoms with Crippen molar-refractivity contribution in [3.05, 3.63) is 69.5 Å². The predicted molar refractivity (Wildman–Crippen MR) is 78.5 cm³/mol. The van der Waals surface area contributed by atoms with E-state index >= 15 is 0 Å². The van der Waals surface area contributed by atoms with Crippen LogP contribution in [-0.4, -0.2) is 0 Å². The highest BCUT2D eigenvalue weighted by atomic mass is 35.5. The quantitative estimate of drug-likeness (QED) is 0.722. The van der Waals surface area contributed by atoms with E-state index in [4.69, 9.17) is 16.3 Å². The Bertz CT molecular complexity index is 643. The number of alkyl halides is 1. The first-order chi connectivity index (χ1) is 9.56. The van der Waals surface area contributed by atoms with Gasteiger partial charge in [0, 0.05) is 0 Å². The molecule has 2 aromatic carbocycles. The molecule has 0 amide bonds. The molecule has 0 aliphatic carbocycles. The summed E-state index contributed by atoms with van der Waals surface area (Å²) in [6.07, 6.45) is 0. The van der Waals surface area contributed by atoms with Crippen molar-refractivity contribution in [1.82, 2.24) is 0 Å². The van der Waals surface area contributed by atoms with E-state index in [-0.39, 0.29) is 11.2 Å². The Balaban J connectivity index is 2.03. The summed E-state index contributed by atoms with van der Waals surface area (Å²) in [6, 6.07) is 9.28. The van der Waals surface area contributed by atoms with Crippen LogP contribution in [0.1, 0.15) is 38.8 Å². The Morgan fingerprint density at radius 3 is 2.40 bits per heavy atom. The number of hydrogen-bond acceptors (Lipinski definition) is 1. The Morgan fingerprint density at radius 1 is 1.05 bits per heavy atom. The normalized spacial score (nSPS) is 15.2. The summed E-state index contributed by atoms with van der Waals surface area (Å²) >= 11 is 6.63. The first kappa shape index (κ1) is 13.6. The van der Waals surface area contributed by atoms with Crippen LogP contribution in [-0.2, 0) is 18.0 Å². The number of aryl methyl sites for hydroxylation is 2. The van der Waals surface area contributed by atoms with E-state index < -0.39 is 0 Å². The second-order valence-electron chi connectivity index (χ2n) is 5.34. The van der Waals surface area contributed by atoms with Crippen molar-refractivity contribution < 1.29 is 9.13 Å². The average molecular weight is 291 g/mol. The Hall–Kier alpha value is -1.38. The number of rotatable bonds is 2. The molecule has 1 unspecified atom stereocenters. The highest BCUT2D eigenvalue weighted by Gasteiger charge is 2.19. The predicted octanol–water partition coefficient (Wildman–Crippen LogP) is 4.80. The van der Waals surface area contributed by atoms with E-state index in [1.54, 1.807) is 0 Å². The summed E-state index contributed by atoms with van der Waals surface area (Å²) in [4.78, 5) is 0. The van der Waals surface area contributed by atoms with Crippen molar-refractivity contribution in [3.63, 3.8) is 0 Å². The Labute approximate surface area is 123 Å². The van der Waals surface area contributed by atoms with Gasteiger partial charge in [0.25, 0.3) is 0 Å². The van der Waals surface area contributed by atoms with Crippen LogP contribution in [0, 0.1) is 19.7 Å². The lowest BCUT2D eigenvalue weighted by Crippen LogP contribution is -2.01. The van der Waals surface area contributed by atoms with Crippen LogP contribution in [0.15, 0.2) is 30.3 Å². The maximum Gasteiger partial charge on any atom is 0.123 e. The van der Waals surface area contributed by atoms with Crippen molar-refractivity contribution in [2.45, 2.75) is 32.4 Å². The van der Waals surface area contributed by atoms with Gasteiger partial charge in [-0.1, -0.05) is 18.2 Å². The summed E-state index contributed by atoms with van der Waals surface area (Å²) in [5, 5.41) is -0.263. The van der Waals surface area contributed by atoms with E-state index in [0.717, 1.165) is 22.3 Å². The minimum Gasteiger partial charge on any atom is -0.372 e. The first-order valence-electron chi connectivity index (χ1n) is 6.66. The van der Waals surface area contributed by atoms with E-state index in [0.29, 0.717) is 13.2 Å². The van der Waals surface area contributed by atoms with Crippen molar-refractivity contribution in [2.24, 2.45) is 0 Å². The van der Waals surface area contributed by atoms with Crippen LogP contribution in [0.2, 0.25) is 0 Å². The minimum absolute atomic E-state index is 0.213. The van der Waals surface area contributed by atoms with Gasteiger partial charge in [0.2, 0.25) is 0 Å². The lowest BCUT2D eigenvalue weighted by atomic mass is 9.94. The minimum atomic E-state index is -0.263. The van der Waals surface area contributed by atoms with Crippen molar-refractivity contribution >= 4 is 11.6 Å². The summed E-state index contributed by atoms with van der Waals surface area (Å²) in [6.45, 7) is 5.12. The van der Waals surface area contributed by atoms with E-state index in [2.05, 4.69) is 12.1 Å². The smallest absolute Gasteiger partial charge is 0.123 e. The zero-order valence-electron chi connectivity index (χ0n) is 11.5. The number of hydrogen-bond donors (Lipinski definition) is 0. The molecule has 3 heteroatoms. The topological polar surface area (TPSA) is 9.23 Å². The molecule has 0 aromatic heterocycles. The molecular formula is C17H16ClFO. The van der Waals surface area contributed by atoms with Crippen molar-refractivity contribution in [2.75, 3.05) is 0 Å². The fraction of sp³-hybridized carbons (Fsp3) is 0.294. The molecule has 0 fully saturated rings. The third kappa shape index (κ3) is 2.34. The van der Waals surface area contributed by atoms with Crippen molar-refractivity contribution in [1.29, 1.82) is 0 Å². The lowest BCUT2D eigenvalue weighted by Gasteiger charge is -2.17. The molecule has 0 bridgehead atoms. The van der Waals surface area contributed by atoms with Gasteiger partial charge in [-0.15, -0.1) is 11.6 Å². The summed E-state index contributed by atoms with van der Waals surface area (Å²) < 4.78 is 18.8. The van der Waals surface area contributed by atoms with Crippen LogP contribution in [0.4, 0.5) is 4.39 Å². The molecule has 104 valence electrons. The van der Waals surface area contributed by atoms with Gasteiger partial charge in [0.15, 0.2) is 0 Å². The fourth-order valence-electron chi connectivity index (χ4n) is 2.84. The van der Waals surface area contributed by atoms with Crippen LogP contribution in [0.5, 0.6) is 0 Å². The third-order valence-electron chi connectivity index (χ3n) is 3.85. The monoisotopic (exact) mass is 290 g/mol. The largest absolute Gasteiger partial charge is 0.372 e. The molecule has 2 aromatic rings. The number of halogens is 2. The summed E-state index contributed by atoms with van der Waals surface area (Å²) in [5.41, 5.74) is 6.23. The van der Waals surface area contributed by atoms with Gasteiger partial charge in [-0.05, 0) is 59.4 Å². The highest BCUT2D eigenvalue weighted by molar-refractivity contribution is 6.22. The van der Waals surface area contributed by atoms with Gasteiger partial charge >= 0.3 is 0 Å². The Kier molecular flexibility index (Phi) is 3.53. The van der Waals surface area contributed by atoms with E-state index in [1.165, 1.54) is 23.3 Å². The Morgan fingerprint density at radius 2 is 1.70 bits per heavy atom. The van der Waals surface area contributed by atoms with E-state index in [1.807, 2.05) is 19.9 Å². The zero-order valence-corrected chi connectivity index (χ0v) is 12.3. The molecule has 0 N–H and O–H groups in total. The highest BCUT2D eigenvalue weighted by Crippen LogP contribution is 2.35. The van der Waals surface area contributed by atoms with Crippen LogP contribution >= 0.6 is 11.6 Å². The van der Waals surface area contributed by atoms with E-state index in [9.17, 15) is 4.39 Å². The van der Waals surface area contributed by atoms with Crippen LogP contribution in [0.3, 0.4) is 0 Å². The molecule has 0 radical (unpaired) electrons. The fourth-order valence-corrected chi connectivity index (χ4v) is 3.32. The summed E-state index contributed by atoms with van der Waals surface area (Å²) in [7, 11) is 0. The number of ether oxygens (including phenoxy) is 1. The second kappa shape index (κ2) is 5.19. The van der Waals surface area contributed by atoms with Gasteiger partial charge in [-0.3, -0.25) is 0 Å². The molecule has 20 heavy (non-hydrogen) atoms. The molecule has 0 saturated heterocycles. The first-order valence-corrected chi connectivity index (χ1v) is 7.10. The maximum absolute atomic E-state index is 13.4. The molecule has 0 saturated carbocycles. The van der Waals surface area contributed by atoms with Gasteiger partial charge in [0.1, 0.15) is 5.82 Å². The number of fused-ring (bicyclic) bond motifs is 1. The van der Waals surface area contributed by atoms with Crippen LogP contribution in [0.25, 0.3) is 0 Å². The average Bonchev–Trinajstić information content (AvgIpc) is 2.84. The molecular weight excluding hydrogens is 275 g/mol. The molecule has 1 aliphatic rings. The maximum atomic E-state index is 13.4. The second-order valence-corrected chi connectivity index (χ2v) is 5.77. The molecule has 0 spiro atoms. The zero-order chi connectivity index (χ0) is 14.3. The van der Waals surface area contributed by atoms with Gasteiger partial charge < -0.3 is 4.74 Å². The standard InChI is InChI=1S/C17H16ClFO/c1-10-5-15(19)6-11(2)16(10)17(18)12-3-4-13-8-20-9-14(13)7-12/h3-7,17H,8-9H2,1-2H3. The molecule has 1 atom stereocenters. The van der Waals surface area contributed by atoms with Gasteiger partial charge in [-0.2, -0.15) is 0 Å². The van der Waals surface area contributed by atoms with Gasteiger partial charge in [-0.25, -0.2) is 4.39 Å². The molecule has 1 nitrogen and oxygen atoms in total. The van der Waals surface area contributed by atoms with Crippen molar-refractivity contribution in [3.8, 4) is 0 Å². The number of benzene rings is 2. The third-order valence-corrected chi connectivity index (χ3v) is 4.32. The lowest BCUT2D eigenvalue weighted by molar-refractivity contribution is 0.134. The summed E-state index contributed by atoms with van der Waals surface area (Å²) in [5.74, 6) is -0.213. The molecule has 1 heterocycles. The van der Waals surface area contributed by atoms with Crippen LogP contribution < -0.4 is 0 Å².